The molecule has 0 fully saturated rings. The first-order valence-electron chi connectivity index (χ1n) is 6.32. The molecule has 0 unspecified atom stereocenters. The molecule has 96 valence electrons. The lowest BCUT2D eigenvalue weighted by molar-refractivity contribution is 0.521. The van der Waals surface area contributed by atoms with Crippen molar-refractivity contribution in [2.75, 3.05) is 0 Å². The van der Waals surface area contributed by atoms with Gasteiger partial charge in [0.15, 0.2) is 0 Å². The van der Waals surface area contributed by atoms with Gasteiger partial charge in [-0.2, -0.15) is 5.10 Å². The van der Waals surface area contributed by atoms with Gasteiger partial charge in [-0.3, -0.25) is 9.67 Å². The highest BCUT2D eigenvalue weighted by molar-refractivity contribution is 5.17. The molecule has 2 aromatic heterocycles. The summed E-state index contributed by atoms with van der Waals surface area (Å²) in [4.78, 5) is 4.35. The van der Waals surface area contributed by atoms with Crippen LogP contribution in [-0.2, 0) is 13.1 Å². The van der Waals surface area contributed by atoms with Gasteiger partial charge in [0, 0.05) is 31.5 Å². The summed E-state index contributed by atoms with van der Waals surface area (Å²) in [6.45, 7) is 7.89. The van der Waals surface area contributed by atoms with E-state index in [0.29, 0.717) is 6.04 Å². The van der Waals surface area contributed by atoms with Crippen molar-refractivity contribution in [1.29, 1.82) is 0 Å². The predicted octanol–water partition coefficient (Wildman–Crippen LogP) is 2.46. The van der Waals surface area contributed by atoms with Gasteiger partial charge in [0.2, 0.25) is 0 Å². The van der Waals surface area contributed by atoms with Crippen molar-refractivity contribution in [2.45, 2.75) is 39.9 Å². The standard InChI is InChI=1S/C14H20N4/c1-11(2)18-8-6-13(17-18)9-15-10-14-12(3)5-4-7-16-14/h4-8,11,15H,9-10H2,1-3H3. The number of nitrogens with one attached hydrogen (secondary N) is 1. The van der Waals surface area contributed by atoms with Crippen LogP contribution < -0.4 is 5.32 Å². The van der Waals surface area contributed by atoms with E-state index in [1.807, 2.05) is 23.1 Å². The first-order chi connectivity index (χ1) is 8.66. The van der Waals surface area contributed by atoms with Crippen LogP contribution in [-0.4, -0.2) is 14.8 Å². The lowest BCUT2D eigenvalue weighted by Gasteiger charge is -2.06. The van der Waals surface area contributed by atoms with Gasteiger partial charge < -0.3 is 5.32 Å². The third-order valence-corrected chi connectivity index (χ3v) is 2.91. The summed E-state index contributed by atoms with van der Waals surface area (Å²) in [7, 11) is 0. The van der Waals surface area contributed by atoms with Crippen molar-refractivity contribution < 1.29 is 0 Å². The van der Waals surface area contributed by atoms with Crippen LogP contribution in [0, 0.1) is 6.92 Å². The van der Waals surface area contributed by atoms with E-state index >= 15 is 0 Å². The van der Waals surface area contributed by atoms with E-state index < -0.39 is 0 Å². The number of hydrogen-bond acceptors (Lipinski definition) is 3. The second-order valence-corrected chi connectivity index (χ2v) is 4.75. The minimum absolute atomic E-state index is 0.414. The molecule has 0 radical (unpaired) electrons. The number of pyridine rings is 1. The Labute approximate surface area is 108 Å². The summed E-state index contributed by atoms with van der Waals surface area (Å²) >= 11 is 0. The third kappa shape index (κ3) is 3.17. The molecule has 1 N–H and O–H groups in total. The molecule has 0 saturated carbocycles. The van der Waals surface area contributed by atoms with Gasteiger partial charge in [0.1, 0.15) is 0 Å². The monoisotopic (exact) mass is 244 g/mol. The number of nitrogens with zero attached hydrogens (tertiary/aromatic N) is 3. The Morgan fingerprint density at radius 2 is 2.11 bits per heavy atom. The van der Waals surface area contributed by atoms with Gasteiger partial charge in [0.25, 0.3) is 0 Å². The van der Waals surface area contributed by atoms with Gasteiger partial charge in [-0.1, -0.05) is 6.07 Å². The van der Waals surface area contributed by atoms with Crippen molar-refractivity contribution in [1.82, 2.24) is 20.1 Å². The van der Waals surface area contributed by atoms with E-state index in [1.54, 1.807) is 0 Å². The highest BCUT2D eigenvalue weighted by atomic mass is 15.3. The molecule has 0 atom stereocenters. The second-order valence-electron chi connectivity index (χ2n) is 4.75. The zero-order chi connectivity index (χ0) is 13.0. The highest BCUT2D eigenvalue weighted by Crippen LogP contribution is 2.05. The van der Waals surface area contributed by atoms with Crippen LogP contribution in [0.5, 0.6) is 0 Å². The normalized spacial score (nSPS) is 11.1. The van der Waals surface area contributed by atoms with Gasteiger partial charge in [-0.25, -0.2) is 0 Å². The SMILES string of the molecule is Cc1cccnc1CNCc1ccn(C(C)C)n1. The number of rotatable bonds is 5. The average Bonchev–Trinajstić information content (AvgIpc) is 2.80. The Morgan fingerprint density at radius 3 is 2.78 bits per heavy atom. The zero-order valence-corrected chi connectivity index (χ0v) is 11.2. The van der Waals surface area contributed by atoms with Crippen LogP contribution in [0.15, 0.2) is 30.6 Å². The molecule has 0 aliphatic rings. The maximum Gasteiger partial charge on any atom is 0.0762 e. The largest absolute Gasteiger partial charge is 0.305 e. The Bertz CT molecular complexity index is 502. The van der Waals surface area contributed by atoms with Crippen LogP contribution in [0.1, 0.15) is 36.8 Å². The highest BCUT2D eigenvalue weighted by Gasteiger charge is 2.02. The fourth-order valence-electron chi connectivity index (χ4n) is 1.77. The molecule has 4 heteroatoms. The second kappa shape index (κ2) is 5.78. The minimum Gasteiger partial charge on any atom is -0.305 e. The fourth-order valence-corrected chi connectivity index (χ4v) is 1.77. The average molecular weight is 244 g/mol. The van der Waals surface area contributed by atoms with Crippen LogP contribution in [0.2, 0.25) is 0 Å². The predicted molar refractivity (Wildman–Crippen MR) is 72.1 cm³/mol. The summed E-state index contributed by atoms with van der Waals surface area (Å²) in [6, 6.07) is 6.51. The van der Waals surface area contributed by atoms with Gasteiger partial charge in [0.05, 0.1) is 11.4 Å². The van der Waals surface area contributed by atoms with Crippen molar-refractivity contribution in [2.24, 2.45) is 0 Å². The summed E-state index contributed by atoms with van der Waals surface area (Å²) < 4.78 is 1.98. The van der Waals surface area contributed by atoms with Crippen LogP contribution in [0.3, 0.4) is 0 Å². The number of aryl methyl sites for hydroxylation is 1. The smallest absolute Gasteiger partial charge is 0.0762 e. The van der Waals surface area contributed by atoms with E-state index in [2.05, 4.69) is 48.3 Å². The van der Waals surface area contributed by atoms with Crippen molar-refractivity contribution in [3.05, 3.63) is 47.5 Å². The molecule has 0 amide bonds. The maximum absolute atomic E-state index is 4.50. The molecule has 2 aromatic rings. The van der Waals surface area contributed by atoms with E-state index in [9.17, 15) is 0 Å². The Morgan fingerprint density at radius 1 is 1.28 bits per heavy atom. The summed E-state index contributed by atoms with van der Waals surface area (Å²) in [6.07, 6.45) is 3.85. The van der Waals surface area contributed by atoms with Crippen molar-refractivity contribution >= 4 is 0 Å². The lowest BCUT2D eigenvalue weighted by atomic mass is 10.2. The summed E-state index contributed by atoms with van der Waals surface area (Å²) in [5.41, 5.74) is 3.38. The molecule has 0 aromatic carbocycles. The lowest BCUT2D eigenvalue weighted by Crippen LogP contribution is -2.15. The first-order valence-corrected chi connectivity index (χ1v) is 6.32. The molecule has 2 heterocycles. The topological polar surface area (TPSA) is 42.7 Å². The molecule has 2 rings (SSSR count). The van der Waals surface area contributed by atoms with Gasteiger partial charge >= 0.3 is 0 Å². The summed E-state index contributed by atoms with van der Waals surface area (Å²) in [5.74, 6) is 0. The van der Waals surface area contributed by atoms with Crippen molar-refractivity contribution in [3.63, 3.8) is 0 Å². The van der Waals surface area contributed by atoms with Gasteiger partial charge in [-0.05, 0) is 38.5 Å². The fraction of sp³-hybridized carbons (Fsp3) is 0.429. The molecule has 18 heavy (non-hydrogen) atoms. The molecule has 0 aliphatic heterocycles. The van der Waals surface area contributed by atoms with E-state index in [-0.39, 0.29) is 0 Å². The zero-order valence-electron chi connectivity index (χ0n) is 11.2. The third-order valence-electron chi connectivity index (χ3n) is 2.91. The van der Waals surface area contributed by atoms with E-state index in [4.69, 9.17) is 0 Å². The molecule has 0 spiro atoms. The summed E-state index contributed by atoms with van der Waals surface area (Å²) in [5, 5.41) is 7.87. The Hall–Kier alpha value is -1.68. The molecular weight excluding hydrogens is 224 g/mol. The molecular formula is C14H20N4. The van der Waals surface area contributed by atoms with Crippen LogP contribution in [0.25, 0.3) is 0 Å². The van der Waals surface area contributed by atoms with Crippen LogP contribution in [0.4, 0.5) is 0 Å². The molecule has 0 bridgehead atoms. The van der Waals surface area contributed by atoms with E-state index in [1.165, 1.54) is 5.56 Å². The van der Waals surface area contributed by atoms with Crippen LogP contribution >= 0.6 is 0 Å². The molecule has 0 saturated heterocycles. The molecule has 4 nitrogen and oxygen atoms in total. The van der Waals surface area contributed by atoms with Gasteiger partial charge in [-0.15, -0.1) is 0 Å². The number of hydrogen-bond donors (Lipinski definition) is 1. The Kier molecular flexibility index (Phi) is 4.10. The van der Waals surface area contributed by atoms with Crippen molar-refractivity contribution in [3.8, 4) is 0 Å². The quantitative estimate of drug-likeness (QED) is 0.878. The minimum atomic E-state index is 0.414. The number of aromatic nitrogens is 3. The maximum atomic E-state index is 4.50. The first kappa shape index (κ1) is 12.8. The van der Waals surface area contributed by atoms with E-state index in [0.717, 1.165) is 24.5 Å². The molecule has 0 aliphatic carbocycles. The Balaban J connectivity index is 1.87.